The maximum Gasteiger partial charge on any atom is 1.00 e. The van der Waals surface area contributed by atoms with Crippen molar-refractivity contribution in [2.24, 2.45) is 0 Å². The van der Waals surface area contributed by atoms with E-state index >= 15 is 0 Å². The summed E-state index contributed by atoms with van der Waals surface area (Å²) in [7, 11) is -0.611. The van der Waals surface area contributed by atoms with Crippen molar-refractivity contribution in [3.8, 4) is 0 Å². The monoisotopic (exact) mass is 404 g/mol. The topological polar surface area (TPSA) is 80.3 Å². The Bertz CT molecular complexity index is 76.5. The van der Waals surface area contributed by atoms with Crippen LogP contribution in [0, 0.1) is 0 Å². The Balaban J connectivity index is -0.0000000300. The van der Waals surface area contributed by atoms with E-state index in [2.05, 4.69) is 0 Å². The summed E-state index contributed by atoms with van der Waals surface area (Å²) in [5.41, 5.74) is 0. The normalized spacial score (nSPS) is 5.90. The van der Waals surface area contributed by atoms with Gasteiger partial charge in [-0.15, -0.1) is 0 Å². The van der Waals surface area contributed by atoms with E-state index in [4.69, 9.17) is 15.0 Å². The Morgan fingerprint density at radius 2 is 1.20 bits per heavy atom. The first-order valence-electron chi connectivity index (χ1n) is 1.60. The molecule has 0 saturated heterocycles. The van der Waals surface area contributed by atoms with Gasteiger partial charge in [0.15, 0.2) is 0 Å². The summed E-state index contributed by atoms with van der Waals surface area (Å²) in [6, 6.07) is 0. The average molecular weight is 404 g/mol. The van der Waals surface area contributed by atoms with E-state index in [0.717, 1.165) is 0 Å². The number of carbonyl (C=O) groups excluding carboxylic acids is 1. The van der Waals surface area contributed by atoms with Gasteiger partial charge in [-0.2, -0.15) is 0 Å². The SMILES string of the molecule is CS(C)=O.O=C([O-])[O-].[Cs+].[Cs+]. The van der Waals surface area contributed by atoms with Crippen molar-refractivity contribution in [2.45, 2.75) is 0 Å². The van der Waals surface area contributed by atoms with E-state index in [1.807, 2.05) is 0 Å². The van der Waals surface area contributed by atoms with Crippen molar-refractivity contribution in [2.75, 3.05) is 12.5 Å². The van der Waals surface area contributed by atoms with Crippen molar-refractivity contribution in [3.05, 3.63) is 0 Å². The summed E-state index contributed by atoms with van der Waals surface area (Å²) < 4.78 is 9.56. The fraction of sp³-hybridized carbons (Fsp3) is 0.667. The minimum Gasteiger partial charge on any atom is -0.652 e. The van der Waals surface area contributed by atoms with Gasteiger partial charge in [0, 0.05) is 23.3 Å². The van der Waals surface area contributed by atoms with Crippen LogP contribution < -0.4 is 148 Å². The molecule has 0 amide bonds. The minimum atomic E-state index is -2.33. The molecule has 0 fully saturated rings. The maximum atomic E-state index is 9.56. The molecule has 0 aromatic heterocycles. The summed E-state index contributed by atoms with van der Waals surface area (Å²) in [4.78, 5) is 8.33. The third-order valence-electron chi connectivity index (χ3n) is 0. The largest absolute Gasteiger partial charge is 1.00 e. The van der Waals surface area contributed by atoms with E-state index in [1.165, 1.54) is 0 Å². The van der Waals surface area contributed by atoms with Crippen molar-refractivity contribution in [3.63, 3.8) is 0 Å². The summed E-state index contributed by atoms with van der Waals surface area (Å²) in [5, 5.41) is 16.7. The molecule has 10 heavy (non-hydrogen) atoms. The van der Waals surface area contributed by atoms with Gasteiger partial charge >= 0.3 is 138 Å². The molecule has 0 bridgehead atoms. The zero-order chi connectivity index (χ0) is 7.15. The maximum absolute atomic E-state index is 9.56. The summed E-state index contributed by atoms with van der Waals surface area (Å²) >= 11 is 0. The van der Waals surface area contributed by atoms with Gasteiger partial charge in [-0.25, -0.2) is 0 Å². The predicted octanol–water partition coefficient (Wildman–Crippen LogP) is -8.44. The molecule has 0 N–H and O–H groups in total. The summed E-state index contributed by atoms with van der Waals surface area (Å²) in [5.74, 6) is 0. The van der Waals surface area contributed by atoms with Crippen molar-refractivity contribution in [1.82, 2.24) is 0 Å². The van der Waals surface area contributed by atoms with Gasteiger partial charge in [0.2, 0.25) is 0 Å². The van der Waals surface area contributed by atoms with Crippen LogP contribution in [0.4, 0.5) is 4.79 Å². The average Bonchev–Trinajstić information content (AvgIpc) is 1.25. The van der Waals surface area contributed by atoms with Gasteiger partial charge in [-0.1, -0.05) is 0 Å². The zero-order valence-electron chi connectivity index (χ0n) is 6.54. The van der Waals surface area contributed by atoms with Crippen molar-refractivity contribution >= 4 is 17.0 Å². The fourth-order valence-corrected chi connectivity index (χ4v) is 0. The number of rotatable bonds is 0. The van der Waals surface area contributed by atoms with Crippen LogP contribution in [0.3, 0.4) is 0 Å². The molecule has 0 rings (SSSR count). The van der Waals surface area contributed by atoms with Gasteiger partial charge in [-0.3, -0.25) is 4.21 Å². The number of carboxylic acid groups (broad SMARTS) is 2. The van der Waals surface area contributed by atoms with Gasteiger partial charge in [0.25, 0.3) is 0 Å². The van der Waals surface area contributed by atoms with E-state index in [1.54, 1.807) is 12.5 Å². The number of carbonyl (C=O) groups is 1. The Labute approximate surface area is 180 Å². The summed E-state index contributed by atoms with van der Waals surface area (Å²) in [6.07, 6.45) is 0.944. The van der Waals surface area contributed by atoms with Crippen LogP contribution in [0.5, 0.6) is 0 Å². The minimum absolute atomic E-state index is 0. The Morgan fingerprint density at radius 1 is 1.20 bits per heavy atom. The molecule has 0 radical (unpaired) electrons. The molecule has 0 aliphatic rings. The van der Waals surface area contributed by atoms with E-state index < -0.39 is 17.0 Å². The molecule has 50 valence electrons. The van der Waals surface area contributed by atoms with Gasteiger partial charge in [0.1, 0.15) is 0 Å². The molecule has 0 spiro atoms. The third kappa shape index (κ3) is 103. The van der Waals surface area contributed by atoms with Crippen LogP contribution in [-0.2, 0) is 10.8 Å². The van der Waals surface area contributed by atoms with Crippen LogP contribution in [0.2, 0.25) is 0 Å². The summed E-state index contributed by atoms with van der Waals surface area (Å²) in [6.45, 7) is 0. The molecular formula is C3H6Cs2O4S. The van der Waals surface area contributed by atoms with Crippen LogP contribution in [0.1, 0.15) is 0 Å². The zero-order valence-corrected chi connectivity index (χ0v) is 19.9. The van der Waals surface area contributed by atoms with E-state index in [-0.39, 0.29) is 138 Å². The number of hydrogen-bond acceptors (Lipinski definition) is 4. The van der Waals surface area contributed by atoms with E-state index in [9.17, 15) is 4.21 Å². The van der Waals surface area contributed by atoms with Crippen LogP contribution in [0.25, 0.3) is 0 Å². The van der Waals surface area contributed by atoms with E-state index in [0.29, 0.717) is 0 Å². The second-order valence-electron chi connectivity index (χ2n) is 0.992. The number of hydrogen-bond donors (Lipinski definition) is 0. The molecule has 0 aromatic carbocycles. The predicted molar refractivity (Wildman–Crippen MR) is 25.4 cm³/mol. The second-order valence-corrected chi connectivity index (χ2v) is 2.47. The smallest absolute Gasteiger partial charge is 0.652 e. The molecule has 0 saturated carbocycles. The first-order chi connectivity index (χ1) is 3.46. The fourth-order valence-electron chi connectivity index (χ4n) is 0. The van der Waals surface area contributed by atoms with Crippen molar-refractivity contribution < 1.29 is 157 Å². The van der Waals surface area contributed by atoms with Crippen LogP contribution in [0.15, 0.2) is 0 Å². The quantitative estimate of drug-likeness (QED) is 0.402. The first-order valence-corrected chi connectivity index (χ1v) is 3.56. The Kier molecular flexibility index (Phi) is 42.9. The van der Waals surface area contributed by atoms with Crippen LogP contribution >= 0.6 is 0 Å². The van der Waals surface area contributed by atoms with Gasteiger partial charge in [0.05, 0.1) is 0 Å². The first kappa shape index (κ1) is 23.4. The molecule has 7 heteroatoms. The Morgan fingerprint density at radius 3 is 1.20 bits per heavy atom. The van der Waals surface area contributed by atoms with Gasteiger partial charge < -0.3 is 15.0 Å². The second kappa shape index (κ2) is 18.3. The van der Waals surface area contributed by atoms with Crippen LogP contribution in [-0.4, -0.2) is 22.9 Å². The Hall–Kier alpha value is 3.52. The molecule has 4 nitrogen and oxygen atoms in total. The molecule has 0 unspecified atom stereocenters. The van der Waals surface area contributed by atoms with Gasteiger partial charge in [-0.05, 0) is 6.16 Å². The molecule has 0 atom stereocenters. The standard InChI is InChI=1S/C2H6OS.CH2O3.2Cs/c1-4(2)3;2-1(3)4;;/h1-2H3;(H2,2,3,4);;/q;;2*+1/p-2. The molecular weight excluding hydrogens is 398 g/mol. The third-order valence-corrected chi connectivity index (χ3v) is 0. The molecule has 0 heterocycles. The molecule has 0 aliphatic carbocycles. The molecule has 0 aliphatic heterocycles. The van der Waals surface area contributed by atoms with Crippen molar-refractivity contribution in [1.29, 1.82) is 0 Å². The molecule has 0 aromatic rings.